The summed E-state index contributed by atoms with van der Waals surface area (Å²) >= 11 is 0. The molecule has 3 unspecified atom stereocenters. The standard InChI is InChI=1S/C20H31N3O2/c1-6-21-20(23-12-16(4)18(13-23)19(24)25-5)22-11-15(3)17-9-7-8-14(2)10-17/h7-10,15-16,18H,6,11-13H2,1-5H3,(H,21,22). The third-order valence-corrected chi connectivity index (χ3v) is 4.88. The van der Waals surface area contributed by atoms with Gasteiger partial charge in [0.15, 0.2) is 5.96 Å². The fraction of sp³-hybridized carbons (Fsp3) is 0.600. The Labute approximate surface area is 151 Å². The van der Waals surface area contributed by atoms with E-state index in [0.29, 0.717) is 12.5 Å². The predicted molar refractivity (Wildman–Crippen MR) is 102 cm³/mol. The lowest BCUT2D eigenvalue weighted by molar-refractivity contribution is -0.145. The van der Waals surface area contributed by atoms with Crippen molar-refractivity contribution in [1.82, 2.24) is 10.2 Å². The molecule has 1 heterocycles. The predicted octanol–water partition coefficient (Wildman–Crippen LogP) is 2.80. The molecule has 2 rings (SSSR count). The molecule has 0 spiro atoms. The first-order valence-electron chi connectivity index (χ1n) is 9.13. The number of rotatable bonds is 5. The van der Waals surface area contributed by atoms with Gasteiger partial charge in [0.1, 0.15) is 0 Å². The van der Waals surface area contributed by atoms with E-state index in [1.165, 1.54) is 18.2 Å². The molecule has 5 nitrogen and oxygen atoms in total. The minimum atomic E-state index is -0.126. The van der Waals surface area contributed by atoms with Crippen molar-refractivity contribution < 1.29 is 9.53 Å². The molecule has 5 heteroatoms. The summed E-state index contributed by atoms with van der Waals surface area (Å²) in [6, 6.07) is 8.59. The van der Waals surface area contributed by atoms with E-state index in [-0.39, 0.29) is 17.8 Å². The van der Waals surface area contributed by atoms with Gasteiger partial charge in [0.2, 0.25) is 0 Å². The third kappa shape index (κ3) is 4.97. The number of benzene rings is 1. The molecule has 3 atom stereocenters. The molecular formula is C20H31N3O2. The second kappa shape index (κ2) is 8.88. The zero-order valence-electron chi connectivity index (χ0n) is 16.1. The summed E-state index contributed by atoms with van der Waals surface area (Å²) < 4.78 is 4.93. The maximum absolute atomic E-state index is 11.9. The van der Waals surface area contributed by atoms with Gasteiger partial charge in [-0.25, -0.2) is 0 Å². The molecule has 1 aromatic rings. The van der Waals surface area contributed by atoms with Gasteiger partial charge in [0.25, 0.3) is 0 Å². The Bertz CT molecular complexity index is 615. The van der Waals surface area contributed by atoms with Gasteiger partial charge >= 0.3 is 5.97 Å². The fourth-order valence-electron chi connectivity index (χ4n) is 3.33. The van der Waals surface area contributed by atoms with Crippen LogP contribution in [0.4, 0.5) is 0 Å². The SMILES string of the molecule is CCNC(=NCC(C)c1cccc(C)c1)N1CC(C)C(C(=O)OC)C1. The van der Waals surface area contributed by atoms with Crippen LogP contribution >= 0.6 is 0 Å². The number of hydrogen-bond donors (Lipinski definition) is 1. The van der Waals surface area contributed by atoms with Crippen molar-refractivity contribution in [2.75, 3.05) is 33.3 Å². The molecule has 0 bridgehead atoms. The summed E-state index contributed by atoms with van der Waals surface area (Å²) in [6.45, 7) is 11.5. The van der Waals surface area contributed by atoms with Crippen LogP contribution in [0.2, 0.25) is 0 Å². The number of nitrogens with zero attached hydrogens (tertiary/aromatic N) is 2. The van der Waals surface area contributed by atoms with Gasteiger partial charge in [0.05, 0.1) is 13.0 Å². The van der Waals surface area contributed by atoms with Gasteiger partial charge in [-0.1, -0.05) is 43.7 Å². The number of aliphatic imine (C=N–C) groups is 1. The minimum Gasteiger partial charge on any atom is -0.469 e. The van der Waals surface area contributed by atoms with Crippen molar-refractivity contribution in [3.63, 3.8) is 0 Å². The van der Waals surface area contributed by atoms with Crippen LogP contribution < -0.4 is 5.32 Å². The number of aryl methyl sites for hydroxylation is 1. The van der Waals surface area contributed by atoms with E-state index in [1.54, 1.807) is 0 Å². The molecular weight excluding hydrogens is 314 g/mol. The van der Waals surface area contributed by atoms with E-state index in [1.807, 2.05) is 0 Å². The summed E-state index contributed by atoms with van der Waals surface area (Å²) in [6.07, 6.45) is 0. The lowest BCUT2D eigenvalue weighted by Crippen LogP contribution is -2.40. The summed E-state index contributed by atoms with van der Waals surface area (Å²) in [4.78, 5) is 18.9. The molecule has 1 fully saturated rings. The first kappa shape index (κ1) is 19.3. The molecule has 0 amide bonds. The topological polar surface area (TPSA) is 53.9 Å². The highest BCUT2D eigenvalue weighted by Crippen LogP contribution is 2.24. The van der Waals surface area contributed by atoms with E-state index in [2.05, 4.69) is 62.2 Å². The number of likely N-dealkylation sites (tertiary alicyclic amines) is 1. The van der Waals surface area contributed by atoms with Crippen LogP contribution in [0.15, 0.2) is 29.3 Å². The van der Waals surface area contributed by atoms with Gasteiger partial charge in [-0.2, -0.15) is 0 Å². The van der Waals surface area contributed by atoms with Crippen molar-refractivity contribution in [2.45, 2.75) is 33.6 Å². The van der Waals surface area contributed by atoms with E-state index < -0.39 is 0 Å². The molecule has 0 saturated carbocycles. The lowest BCUT2D eigenvalue weighted by atomic mass is 9.99. The normalized spacial score (nSPS) is 22.0. The van der Waals surface area contributed by atoms with Crippen LogP contribution in [-0.4, -0.2) is 50.1 Å². The Hall–Kier alpha value is -2.04. The molecule has 138 valence electrons. The Morgan fingerprint density at radius 3 is 2.84 bits per heavy atom. The van der Waals surface area contributed by atoms with Crippen LogP contribution in [-0.2, 0) is 9.53 Å². The van der Waals surface area contributed by atoms with Crippen LogP contribution in [0.1, 0.15) is 37.8 Å². The largest absolute Gasteiger partial charge is 0.469 e. The Kier molecular flexibility index (Phi) is 6.85. The molecule has 1 aromatic carbocycles. The molecule has 1 aliphatic heterocycles. The van der Waals surface area contributed by atoms with Crippen LogP contribution in [0.3, 0.4) is 0 Å². The van der Waals surface area contributed by atoms with Gasteiger partial charge in [-0.3, -0.25) is 9.79 Å². The number of nitrogens with one attached hydrogen (secondary N) is 1. The van der Waals surface area contributed by atoms with Gasteiger partial charge in [-0.15, -0.1) is 0 Å². The van der Waals surface area contributed by atoms with E-state index >= 15 is 0 Å². The number of guanidine groups is 1. The highest BCUT2D eigenvalue weighted by Gasteiger charge is 2.36. The second-order valence-electron chi connectivity index (χ2n) is 7.02. The van der Waals surface area contributed by atoms with Crippen molar-refractivity contribution >= 4 is 11.9 Å². The highest BCUT2D eigenvalue weighted by molar-refractivity contribution is 5.82. The molecule has 1 aliphatic rings. The average molecular weight is 345 g/mol. The summed E-state index contributed by atoms with van der Waals surface area (Å²) in [5.41, 5.74) is 2.58. The van der Waals surface area contributed by atoms with Crippen molar-refractivity contribution in [3.8, 4) is 0 Å². The number of carbonyl (C=O) groups excluding carboxylic acids is 1. The third-order valence-electron chi connectivity index (χ3n) is 4.88. The first-order valence-corrected chi connectivity index (χ1v) is 9.13. The second-order valence-corrected chi connectivity index (χ2v) is 7.02. The summed E-state index contributed by atoms with van der Waals surface area (Å²) in [7, 11) is 1.46. The zero-order valence-corrected chi connectivity index (χ0v) is 16.1. The number of esters is 1. The number of methoxy groups -OCH3 is 1. The fourth-order valence-corrected chi connectivity index (χ4v) is 3.33. The molecule has 0 aromatic heterocycles. The van der Waals surface area contributed by atoms with Crippen LogP contribution in [0, 0.1) is 18.8 Å². The first-order chi connectivity index (χ1) is 12.0. The quantitative estimate of drug-likeness (QED) is 0.506. The highest BCUT2D eigenvalue weighted by atomic mass is 16.5. The van der Waals surface area contributed by atoms with Crippen LogP contribution in [0.25, 0.3) is 0 Å². The number of hydrogen-bond acceptors (Lipinski definition) is 3. The number of carbonyl (C=O) groups is 1. The van der Waals surface area contributed by atoms with Gasteiger partial charge in [0, 0.05) is 32.1 Å². The lowest BCUT2D eigenvalue weighted by Gasteiger charge is -2.22. The maximum Gasteiger partial charge on any atom is 0.310 e. The van der Waals surface area contributed by atoms with E-state index in [0.717, 1.165) is 25.6 Å². The summed E-state index contributed by atoms with van der Waals surface area (Å²) in [5, 5.41) is 3.36. The van der Waals surface area contributed by atoms with Gasteiger partial charge < -0.3 is 15.0 Å². The van der Waals surface area contributed by atoms with Crippen molar-refractivity contribution in [2.24, 2.45) is 16.8 Å². The maximum atomic E-state index is 11.9. The van der Waals surface area contributed by atoms with E-state index in [9.17, 15) is 4.79 Å². The van der Waals surface area contributed by atoms with Crippen molar-refractivity contribution in [1.29, 1.82) is 0 Å². The van der Waals surface area contributed by atoms with Crippen molar-refractivity contribution in [3.05, 3.63) is 35.4 Å². The monoisotopic (exact) mass is 345 g/mol. The van der Waals surface area contributed by atoms with E-state index in [4.69, 9.17) is 9.73 Å². The Balaban J connectivity index is 2.07. The van der Waals surface area contributed by atoms with Crippen LogP contribution in [0.5, 0.6) is 0 Å². The molecule has 1 saturated heterocycles. The molecule has 0 aliphatic carbocycles. The Morgan fingerprint density at radius 2 is 2.20 bits per heavy atom. The average Bonchev–Trinajstić information content (AvgIpc) is 2.99. The molecule has 0 radical (unpaired) electrons. The van der Waals surface area contributed by atoms with Gasteiger partial charge in [-0.05, 0) is 25.3 Å². The molecule has 1 N–H and O–H groups in total. The number of ether oxygens (including phenoxy) is 1. The zero-order chi connectivity index (χ0) is 18.4. The smallest absolute Gasteiger partial charge is 0.310 e. The Morgan fingerprint density at radius 1 is 1.44 bits per heavy atom. The summed E-state index contributed by atoms with van der Waals surface area (Å²) in [5.74, 6) is 1.30. The minimum absolute atomic E-state index is 0.0805. The molecule has 25 heavy (non-hydrogen) atoms.